The predicted octanol–water partition coefficient (Wildman–Crippen LogP) is 5.88. The van der Waals surface area contributed by atoms with Gasteiger partial charge in [0, 0.05) is 42.0 Å². The molecule has 6 rings (SSSR count). The lowest BCUT2D eigenvalue weighted by atomic mass is 9.81. The molecule has 0 saturated carbocycles. The molecule has 190 valence electrons. The molecule has 2 atom stereocenters. The molecule has 2 heterocycles. The van der Waals surface area contributed by atoms with E-state index in [1.54, 1.807) is 24.3 Å². The van der Waals surface area contributed by atoms with Crippen LogP contribution in [0, 0.1) is 0 Å². The molecule has 4 aliphatic rings. The Morgan fingerprint density at radius 2 is 1.89 bits per heavy atom. The molecular weight excluding hydrogens is 462 g/mol. The number of benzene rings is 2. The zero-order chi connectivity index (χ0) is 25.5. The van der Waals surface area contributed by atoms with Crippen LogP contribution in [0.3, 0.4) is 0 Å². The fourth-order valence-electron chi connectivity index (χ4n) is 6.12. The highest BCUT2D eigenvalue weighted by molar-refractivity contribution is 6.32. The summed E-state index contributed by atoms with van der Waals surface area (Å²) in [7, 11) is 0. The molecule has 6 heteroatoms. The molecule has 1 N–H and O–H groups in total. The van der Waals surface area contributed by atoms with Crippen LogP contribution < -0.4 is 10.1 Å². The van der Waals surface area contributed by atoms with Gasteiger partial charge in [-0.25, -0.2) is 4.99 Å². The van der Waals surface area contributed by atoms with Crippen LogP contribution >= 0.6 is 0 Å². The molecule has 0 amide bonds. The van der Waals surface area contributed by atoms with Crippen LogP contribution in [-0.4, -0.2) is 54.0 Å². The summed E-state index contributed by atoms with van der Waals surface area (Å²) in [4.78, 5) is 35.0. The maximum Gasteiger partial charge on any atom is 0.196 e. The van der Waals surface area contributed by atoms with Gasteiger partial charge in [-0.1, -0.05) is 49.8 Å². The Morgan fingerprint density at radius 1 is 1.11 bits per heavy atom. The molecule has 1 unspecified atom stereocenters. The molecule has 1 saturated heterocycles. The number of ketones is 2. The van der Waals surface area contributed by atoms with Crippen LogP contribution in [0.4, 0.5) is 11.4 Å². The van der Waals surface area contributed by atoms with Gasteiger partial charge < -0.3 is 15.0 Å². The quantitative estimate of drug-likeness (QED) is 0.433. The number of fused-ring (bicyclic) bond motifs is 5. The molecule has 2 aromatic rings. The van der Waals surface area contributed by atoms with Crippen molar-refractivity contribution in [3.8, 4) is 5.75 Å². The second-order valence-corrected chi connectivity index (χ2v) is 10.4. The second-order valence-electron chi connectivity index (χ2n) is 10.4. The van der Waals surface area contributed by atoms with Crippen LogP contribution in [0.1, 0.15) is 77.8 Å². The number of nitrogens with one attached hydrogen (secondary N) is 1. The number of rotatable bonds is 6. The first kappa shape index (κ1) is 23.9. The third-order valence-electron chi connectivity index (χ3n) is 8.09. The average Bonchev–Trinajstić information content (AvgIpc) is 2.93. The second kappa shape index (κ2) is 9.75. The summed E-state index contributed by atoms with van der Waals surface area (Å²) in [5, 5.41) is 3.50. The van der Waals surface area contributed by atoms with Gasteiger partial charge in [0.15, 0.2) is 17.7 Å². The minimum atomic E-state index is -0.296. The van der Waals surface area contributed by atoms with E-state index in [2.05, 4.69) is 17.1 Å². The van der Waals surface area contributed by atoms with Crippen LogP contribution in [0.15, 0.2) is 59.1 Å². The van der Waals surface area contributed by atoms with Crippen LogP contribution in [0.2, 0.25) is 0 Å². The molecule has 2 aliphatic heterocycles. The summed E-state index contributed by atoms with van der Waals surface area (Å²) in [6.45, 7) is 7.15. The zero-order valence-corrected chi connectivity index (χ0v) is 21.5. The van der Waals surface area contributed by atoms with Gasteiger partial charge in [-0.15, -0.1) is 0 Å². The Balaban J connectivity index is 1.35. The number of carbonyl (C=O) groups is 2. The molecule has 0 spiro atoms. The molecule has 0 bridgehead atoms. The summed E-state index contributed by atoms with van der Waals surface area (Å²) in [5.74, 6) is 0.219. The SMILES string of the molecule is CC[C@H]1CCCCN1CCCNc1cc2c(c3c1C(=O)c1ccccc1C3=O)N=C1C(C)=CC=CC1O2. The average molecular weight is 496 g/mol. The van der Waals surface area contributed by atoms with Gasteiger partial charge in [-0.05, 0) is 50.8 Å². The number of allylic oxidation sites excluding steroid dienone is 2. The third kappa shape index (κ3) is 4.13. The number of nitrogens with zero attached hydrogens (tertiary/aromatic N) is 2. The summed E-state index contributed by atoms with van der Waals surface area (Å²) < 4.78 is 6.34. The first-order chi connectivity index (χ1) is 18.1. The van der Waals surface area contributed by atoms with Crippen molar-refractivity contribution >= 4 is 28.7 Å². The lowest BCUT2D eigenvalue weighted by molar-refractivity contribution is 0.0979. The molecule has 37 heavy (non-hydrogen) atoms. The maximum atomic E-state index is 13.8. The lowest BCUT2D eigenvalue weighted by Crippen LogP contribution is -2.40. The highest BCUT2D eigenvalue weighted by Crippen LogP contribution is 2.46. The maximum absolute atomic E-state index is 13.8. The Hall–Kier alpha value is -3.51. The van der Waals surface area contributed by atoms with Gasteiger partial charge >= 0.3 is 0 Å². The van der Waals surface area contributed by atoms with Crippen molar-refractivity contribution in [1.29, 1.82) is 0 Å². The van der Waals surface area contributed by atoms with E-state index in [0.717, 1.165) is 30.8 Å². The lowest BCUT2D eigenvalue weighted by Gasteiger charge is -2.35. The number of carbonyl (C=O) groups excluding carboxylic acids is 2. The van der Waals surface area contributed by atoms with Gasteiger partial charge in [-0.2, -0.15) is 0 Å². The fraction of sp³-hybridized carbons (Fsp3) is 0.387. The first-order valence-electron chi connectivity index (χ1n) is 13.5. The van der Waals surface area contributed by atoms with Gasteiger partial charge in [-0.3, -0.25) is 9.59 Å². The Labute approximate surface area is 218 Å². The summed E-state index contributed by atoms with van der Waals surface area (Å²) >= 11 is 0. The minimum Gasteiger partial charge on any atom is -0.478 e. The molecular formula is C31H33N3O3. The monoisotopic (exact) mass is 495 g/mol. The van der Waals surface area contributed by atoms with Crippen LogP contribution in [0.25, 0.3) is 0 Å². The standard InChI is InChI=1S/C31H33N3O3/c1-3-20-11-6-7-16-34(20)17-9-15-32-23-18-25-29(33-28-19(2)10-8-14-24(28)37-25)27-26(23)30(35)21-12-4-5-13-22(21)31(27)36/h4-5,8,10,12-14,18,20,24,32H,3,6-7,9,11,15-17H2,1-2H3/t20-,24?/m0/s1. The Kier molecular flexibility index (Phi) is 6.29. The topological polar surface area (TPSA) is 71.0 Å². The van der Waals surface area contributed by atoms with Crippen molar-refractivity contribution in [2.24, 2.45) is 4.99 Å². The first-order valence-corrected chi connectivity index (χ1v) is 13.5. The fourth-order valence-corrected chi connectivity index (χ4v) is 6.12. The number of anilines is 1. The van der Waals surface area contributed by atoms with Gasteiger partial charge in [0.05, 0.1) is 16.8 Å². The van der Waals surface area contributed by atoms with E-state index < -0.39 is 0 Å². The normalized spacial score (nSPS) is 22.2. The largest absolute Gasteiger partial charge is 0.478 e. The molecule has 2 aromatic carbocycles. The van der Waals surface area contributed by atoms with Crippen molar-refractivity contribution in [3.63, 3.8) is 0 Å². The zero-order valence-electron chi connectivity index (χ0n) is 21.5. The highest BCUT2D eigenvalue weighted by Gasteiger charge is 2.38. The van der Waals surface area contributed by atoms with Crippen molar-refractivity contribution < 1.29 is 14.3 Å². The molecule has 1 fully saturated rings. The van der Waals surface area contributed by atoms with Gasteiger partial charge in [0.1, 0.15) is 11.4 Å². The smallest absolute Gasteiger partial charge is 0.196 e. The van der Waals surface area contributed by atoms with E-state index in [0.29, 0.717) is 52.0 Å². The number of piperidine rings is 1. The molecule has 0 radical (unpaired) electrons. The van der Waals surface area contributed by atoms with Crippen LogP contribution in [0.5, 0.6) is 5.75 Å². The third-order valence-corrected chi connectivity index (χ3v) is 8.09. The summed E-state index contributed by atoms with van der Waals surface area (Å²) in [5.41, 5.74) is 4.51. The van der Waals surface area contributed by atoms with E-state index in [1.165, 1.54) is 25.7 Å². The number of ether oxygens (including phenoxy) is 1. The number of likely N-dealkylation sites (tertiary alicyclic amines) is 1. The number of hydrogen-bond donors (Lipinski definition) is 1. The van der Waals surface area contributed by atoms with E-state index in [-0.39, 0.29) is 17.7 Å². The number of aliphatic imine (C=N–C) groups is 1. The Morgan fingerprint density at radius 3 is 2.68 bits per heavy atom. The van der Waals surface area contributed by atoms with Crippen molar-refractivity contribution in [3.05, 3.63) is 76.4 Å². The predicted molar refractivity (Wildman–Crippen MR) is 147 cm³/mol. The van der Waals surface area contributed by atoms with E-state index in [1.807, 2.05) is 31.2 Å². The summed E-state index contributed by atoms with van der Waals surface area (Å²) in [6.07, 6.45) is 11.6. The summed E-state index contributed by atoms with van der Waals surface area (Å²) in [6, 6.07) is 9.60. The number of hydrogen-bond acceptors (Lipinski definition) is 6. The van der Waals surface area contributed by atoms with Gasteiger partial charge in [0.25, 0.3) is 0 Å². The van der Waals surface area contributed by atoms with Crippen molar-refractivity contribution in [1.82, 2.24) is 4.90 Å². The van der Waals surface area contributed by atoms with E-state index in [4.69, 9.17) is 9.73 Å². The van der Waals surface area contributed by atoms with Crippen molar-refractivity contribution in [2.45, 2.75) is 58.1 Å². The molecule has 2 aliphatic carbocycles. The van der Waals surface area contributed by atoms with E-state index in [9.17, 15) is 9.59 Å². The Bertz CT molecular complexity index is 1370. The highest BCUT2D eigenvalue weighted by atomic mass is 16.5. The minimum absolute atomic E-state index is 0.143. The molecule has 0 aromatic heterocycles. The van der Waals surface area contributed by atoms with Gasteiger partial charge in [0.2, 0.25) is 0 Å². The van der Waals surface area contributed by atoms with E-state index >= 15 is 0 Å². The molecule has 6 nitrogen and oxygen atoms in total. The van der Waals surface area contributed by atoms with Crippen LogP contribution in [-0.2, 0) is 0 Å². The van der Waals surface area contributed by atoms with Crippen molar-refractivity contribution in [2.75, 3.05) is 25.0 Å².